The van der Waals surface area contributed by atoms with Crippen LogP contribution >= 0.6 is 0 Å². The quantitative estimate of drug-likeness (QED) is 0.101. The molecule has 8 aromatic rings. The SMILES string of the molecule is CC1C=C(C2N(Cc3cccc(-n4c5ccccc5c5ccc6c(c54)C(c4ccccc4)(c4ccccc4)c4ccccc4-6)c3)N2C(=N)c2ccccc2)C=CC1. The third-order valence-corrected chi connectivity index (χ3v) is 12.4. The molecule has 1 fully saturated rings. The molecule has 4 heteroatoms. The first-order valence-electron chi connectivity index (χ1n) is 20.1. The van der Waals surface area contributed by atoms with Gasteiger partial charge < -0.3 is 4.57 Å². The number of hydrogen-bond acceptors (Lipinski definition) is 2. The second kappa shape index (κ2) is 13.2. The maximum atomic E-state index is 9.31. The molecule has 4 nitrogen and oxygen atoms in total. The fourth-order valence-corrected chi connectivity index (χ4v) is 9.94. The van der Waals surface area contributed by atoms with E-state index in [0.717, 1.165) is 17.7 Å². The van der Waals surface area contributed by atoms with Gasteiger partial charge in [-0.1, -0.05) is 183 Å². The number of benzene rings is 7. The number of nitrogens with zero attached hydrogens (tertiary/aromatic N) is 3. The van der Waals surface area contributed by atoms with Gasteiger partial charge in [0.25, 0.3) is 0 Å². The van der Waals surface area contributed by atoms with E-state index in [0.29, 0.717) is 18.3 Å². The third-order valence-electron chi connectivity index (χ3n) is 12.4. The van der Waals surface area contributed by atoms with Crippen LogP contribution in [0.4, 0.5) is 0 Å². The number of aromatic nitrogens is 1. The lowest BCUT2D eigenvalue weighted by atomic mass is 9.67. The molecule has 1 aliphatic heterocycles. The smallest absolute Gasteiger partial charge is 0.144 e. The van der Waals surface area contributed by atoms with Gasteiger partial charge in [-0.05, 0) is 69.5 Å². The molecule has 0 saturated carbocycles. The van der Waals surface area contributed by atoms with E-state index in [2.05, 4.69) is 185 Å². The van der Waals surface area contributed by atoms with Crippen molar-refractivity contribution in [3.8, 4) is 16.8 Å². The summed E-state index contributed by atoms with van der Waals surface area (Å²) in [7, 11) is 0. The molecule has 0 radical (unpaired) electrons. The van der Waals surface area contributed by atoms with Crippen molar-refractivity contribution >= 4 is 27.6 Å². The normalized spacial score (nSPS) is 19.0. The first kappa shape index (κ1) is 33.6. The highest BCUT2D eigenvalue weighted by atomic mass is 15.9. The topological polar surface area (TPSA) is 34.8 Å². The van der Waals surface area contributed by atoms with Gasteiger partial charge in [-0.3, -0.25) is 10.4 Å². The molecule has 1 N–H and O–H groups in total. The zero-order chi connectivity index (χ0) is 38.1. The summed E-state index contributed by atoms with van der Waals surface area (Å²) >= 11 is 0. The second-order valence-corrected chi connectivity index (χ2v) is 15.7. The summed E-state index contributed by atoms with van der Waals surface area (Å²) < 4.78 is 2.52. The Balaban J connectivity index is 1.11. The van der Waals surface area contributed by atoms with E-state index in [4.69, 9.17) is 0 Å². The van der Waals surface area contributed by atoms with Crippen LogP contribution < -0.4 is 0 Å². The van der Waals surface area contributed by atoms with Gasteiger partial charge in [0.05, 0.1) is 16.4 Å². The lowest BCUT2D eigenvalue weighted by Gasteiger charge is -2.34. The summed E-state index contributed by atoms with van der Waals surface area (Å²) in [6, 6.07) is 64.0. The van der Waals surface area contributed by atoms with Crippen LogP contribution in [0.1, 0.15) is 46.7 Å². The highest BCUT2D eigenvalue weighted by molar-refractivity contribution is 6.14. The fraction of sp³-hybridized carbons (Fsp3) is 0.113. The van der Waals surface area contributed by atoms with Crippen LogP contribution in [-0.2, 0) is 12.0 Å². The molecule has 11 rings (SSSR count). The Bertz CT molecular complexity index is 2860. The van der Waals surface area contributed by atoms with Crippen LogP contribution in [0.3, 0.4) is 0 Å². The first-order valence-corrected chi connectivity index (χ1v) is 20.1. The molecule has 7 aromatic carbocycles. The van der Waals surface area contributed by atoms with E-state index in [1.807, 2.05) is 30.3 Å². The van der Waals surface area contributed by atoms with Gasteiger partial charge in [-0.25, -0.2) is 0 Å². The molecule has 0 amide bonds. The predicted molar refractivity (Wildman–Crippen MR) is 234 cm³/mol. The van der Waals surface area contributed by atoms with Gasteiger partial charge in [-0.15, -0.1) is 0 Å². The molecule has 2 aliphatic carbocycles. The number of rotatable bonds is 7. The standard InChI is InChI=1S/C53H42N4/c1-36-17-15-21-39(33-36)52-55(57(52)51(54)38-19-5-2-6-20-38)35-37-18-16-26-42(34-37)56-48-30-14-12-28-44(48)46-32-31-45-43-27-11-13-29-47(43)53(49(45)50(46)56,40-22-7-3-8-23-40)41-24-9-4-10-25-41/h2-16,18-34,36,52,54H,17,35H2,1H3. The number of para-hydroxylation sites is 1. The van der Waals surface area contributed by atoms with E-state index in [9.17, 15) is 5.41 Å². The molecular formula is C53H42N4. The number of nitrogens with one attached hydrogen (secondary N) is 1. The lowest BCUT2D eigenvalue weighted by Crippen LogP contribution is -2.29. The summed E-state index contributed by atoms with van der Waals surface area (Å²) in [6.45, 7) is 2.96. The number of hydrazine groups is 1. The predicted octanol–water partition coefficient (Wildman–Crippen LogP) is 12.1. The highest BCUT2D eigenvalue weighted by Crippen LogP contribution is 2.59. The van der Waals surface area contributed by atoms with Gasteiger partial charge in [0, 0.05) is 34.1 Å². The minimum atomic E-state index is -0.540. The number of hydrogen-bond donors (Lipinski definition) is 1. The summed E-state index contributed by atoms with van der Waals surface area (Å²) in [5.74, 6) is 1.01. The maximum absolute atomic E-state index is 9.31. The molecule has 57 heavy (non-hydrogen) atoms. The van der Waals surface area contributed by atoms with Crippen molar-refractivity contribution in [2.45, 2.75) is 31.5 Å². The van der Waals surface area contributed by atoms with Crippen molar-refractivity contribution in [2.24, 2.45) is 5.92 Å². The van der Waals surface area contributed by atoms with Crippen LogP contribution in [0, 0.1) is 11.3 Å². The largest absolute Gasteiger partial charge is 0.309 e. The summed E-state index contributed by atoms with van der Waals surface area (Å²) in [4.78, 5) is 0. The molecule has 1 saturated heterocycles. The Hall–Kier alpha value is -6.75. The summed E-state index contributed by atoms with van der Waals surface area (Å²) in [5.41, 5.74) is 14.1. The minimum Gasteiger partial charge on any atom is -0.309 e. The van der Waals surface area contributed by atoms with Crippen LogP contribution in [-0.4, -0.2) is 26.6 Å². The van der Waals surface area contributed by atoms with Gasteiger partial charge >= 0.3 is 0 Å². The van der Waals surface area contributed by atoms with Crippen LogP contribution in [0.15, 0.2) is 200 Å². The highest BCUT2D eigenvalue weighted by Gasteiger charge is 2.50. The van der Waals surface area contributed by atoms with Crippen molar-refractivity contribution in [3.63, 3.8) is 0 Å². The van der Waals surface area contributed by atoms with Crippen LogP contribution in [0.5, 0.6) is 0 Å². The fourth-order valence-electron chi connectivity index (χ4n) is 9.94. The summed E-state index contributed by atoms with van der Waals surface area (Å²) in [5, 5.41) is 16.3. The van der Waals surface area contributed by atoms with Crippen LogP contribution in [0.2, 0.25) is 0 Å². The third kappa shape index (κ3) is 5.14. The zero-order valence-electron chi connectivity index (χ0n) is 31.9. The van der Waals surface area contributed by atoms with E-state index in [1.165, 1.54) is 66.3 Å². The van der Waals surface area contributed by atoms with Crippen molar-refractivity contribution in [2.75, 3.05) is 0 Å². The van der Waals surface area contributed by atoms with Crippen molar-refractivity contribution in [1.29, 1.82) is 5.41 Å². The lowest BCUT2D eigenvalue weighted by molar-refractivity contribution is 0.392. The first-order chi connectivity index (χ1) is 28.1. The van der Waals surface area contributed by atoms with E-state index >= 15 is 0 Å². The second-order valence-electron chi connectivity index (χ2n) is 15.7. The number of fused-ring (bicyclic) bond motifs is 7. The Morgan fingerprint density at radius 2 is 1.35 bits per heavy atom. The van der Waals surface area contributed by atoms with Crippen molar-refractivity contribution < 1.29 is 0 Å². The molecule has 3 aliphatic rings. The van der Waals surface area contributed by atoms with Gasteiger partial charge in [0.1, 0.15) is 12.0 Å². The molecule has 1 aromatic heterocycles. The van der Waals surface area contributed by atoms with E-state index in [-0.39, 0.29) is 6.17 Å². The molecule has 274 valence electrons. The van der Waals surface area contributed by atoms with Gasteiger partial charge in [-0.2, -0.15) is 5.01 Å². The monoisotopic (exact) mass is 734 g/mol. The van der Waals surface area contributed by atoms with Crippen LogP contribution in [0.25, 0.3) is 38.6 Å². The average molecular weight is 735 g/mol. The molecule has 3 atom stereocenters. The average Bonchev–Trinajstić information content (AvgIpc) is 3.75. The van der Waals surface area contributed by atoms with Crippen molar-refractivity contribution in [1.82, 2.24) is 14.6 Å². The molecular weight excluding hydrogens is 693 g/mol. The van der Waals surface area contributed by atoms with Gasteiger partial charge in [0.15, 0.2) is 0 Å². The Labute approximate surface area is 333 Å². The molecule has 3 unspecified atom stereocenters. The minimum absolute atomic E-state index is 0.0211. The van der Waals surface area contributed by atoms with E-state index < -0.39 is 5.41 Å². The maximum Gasteiger partial charge on any atom is 0.144 e. The molecule has 0 bridgehead atoms. The number of allylic oxidation sites excluding steroid dienone is 2. The van der Waals surface area contributed by atoms with Crippen molar-refractivity contribution in [3.05, 3.63) is 233 Å². The Morgan fingerprint density at radius 3 is 2.11 bits per heavy atom. The summed E-state index contributed by atoms with van der Waals surface area (Å²) in [6.07, 6.45) is 8.00. The Morgan fingerprint density at radius 1 is 0.667 bits per heavy atom. The molecule has 0 spiro atoms. The number of amidine groups is 1. The van der Waals surface area contributed by atoms with Gasteiger partial charge in [0.2, 0.25) is 0 Å². The van der Waals surface area contributed by atoms with E-state index in [1.54, 1.807) is 0 Å². The molecule has 2 heterocycles. The zero-order valence-corrected chi connectivity index (χ0v) is 31.9. The Kier molecular flexibility index (Phi) is 7.77.